The number of aryl methyl sites for hydroxylation is 1. The molecule has 1 N–H and O–H groups in total. The number of amides is 3. The number of rotatable bonds is 8. The second-order valence-corrected chi connectivity index (χ2v) is 9.46. The van der Waals surface area contributed by atoms with Gasteiger partial charge in [0.1, 0.15) is 6.54 Å². The van der Waals surface area contributed by atoms with Gasteiger partial charge in [0.25, 0.3) is 0 Å². The van der Waals surface area contributed by atoms with Crippen LogP contribution in [-0.4, -0.2) is 71.2 Å². The maximum absolute atomic E-state index is 13.2. The van der Waals surface area contributed by atoms with E-state index in [1.54, 1.807) is 4.90 Å². The SMILES string of the molecule is CCCNC(=O)N(CC(=O)N1CCN(c2ccc(-c3ccc(C)cc3)nn2)CC1)C(C)c1ccccc1. The number of benzene rings is 2. The van der Waals surface area contributed by atoms with Crippen LogP contribution in [0.4, 0.5) is 10.6 Å². The monoisotopic (exact) mass is 500 g/mol. The maximum atomic E-state index is 13.2. The van der Waals surface area contributed by atoms with E-state index in [0.717, 1.165) is 29.1 Å². The zero-order valence-electron chi connectivity index (χ0n) is 21.9. The van der Waals surface area contributed by atoms with Gasteiger partial charge in [0.15, 0.2) is 5.82 Å². The smallest absolute Gasteiger partial charge is 0.318 e. The number of aromatic nitrogens is 2. The molecule has 1 saturated heterocycles. The van der Waals surface area contributed by atoms with Crippen molar-refractivity contribution in [3.63, 3.8) is 0 Å². The Labute approximate surface area is 219 Å². The summed E-state index contributed by atoms with van der Waals surface area (Å²) in [5, 5.41) is 11.8. The number of nitrogens with zero attached hydrogens (tertiary/aromatic N) is 5. The molecule has 1 aliphatic heterocycles. The van der Waals surface area contributed by atoms with E-state index in [9.17, 15) is 9.59 Å². The van der Waals surface area contributed by atoms with Gasteiger partial charge in [-0.2, -0.15) is 0 Å². The molecule has 37 heavy (non-hydrogen) atoms. The number of urea groups is 1. The second-order valence-electron chi connectivity index (χ2n) is 9.46. The van der Waals surface area contributed by atoms with E-state index < -0.39 is 0 Å². The molecule has 1 aromatic heterocycles. The Kier molecular flexibility index (Phi) is 8.72. The number of piperazine rings is 1. The highest BCUT2D eigenvalue weighted by Crippen LogP contribution is 2.22. The topological polar surface area (TPSA) is 81.7 Å². The third-order valence-electron chi connectivity index (χ3n) is 6.80. The zero-order valence-corrected chi connectivity index (χ0v) is 21.9. The number of carbonyl (C=O) groups is 2. The fraction of sp³-hybridized carbons (Fsp3) is 0.379. The van der Waals surface area contributed by atoms with Crippen LogP contribution in [0.3, 0.4) is 0 Å². The first-order valence-corrected chi connectivity index (χ1v) is 13.0. The quantitative estimate of drug-likeness (QED) is 0.499. The van der Waals surface area contributed by atoms with Crippen LogP contribution in [0.15, 0.2) is 66.7 Å². The van der Waals surface area contributed by atoms with Crippen LogP contribution in [-0.2, 0) is 4.79 Å². The fourth-order valence-corrected chi connectivity index (χ4v) is 4.43. The molecule has 8 nitrogen and oxygen atoms in total. The molecule has 0 radical (unpaired) electrons. The lowest BCUT2D eigenvalue weighted by Crippen LogP contribution is -2.53. The molecule has 0 bridgehead atoms. The van der Waals surface area contributed by atoms with Crippen LogP contribution in [0.25, 0.3) is 11.3 Å². The highest BCUT2D eigenvalue weighted by atomic mass is 16.2. The third kappa shape index (κ3) is 6.64. The lowest BCUT2D eigenvalue weighted by atomic mass is 10.1. The largest absolute Gasteiger partial charge is 0.352 e. The van der Waals surface area contributed by atoms with Gasteiger partial charge in [-0.15, -0.1) is 10.2 Å². The summed E-state index contributed by atoms with van der Waals surface area (Å²) in [6.45, 7) is 9.13. The van der Waals surface area contributed by atoms with Crippen LogP contribution in [0.1, 0.15) is 37.4 Å². The first-order valence-electron chi connectivity index (χ1n) is 13.0. The van der Waals surface area contributed by atoms with Gasteiger partial charge < -0.3 is 20.0 Å². The Balaban J connectivity index is 1.36. The van der Waals surface area contributed by atoms with Crippen LogP contribution < -0.4 is 10.2 Å². The summed E-state index contributed by atoms with van der Waals surface area (Å²) in [5.41, 5.74) is 4.09. The van der Waals surface area contributed by atoms with E-state index >= 15 is 0 Å². The molecule has 8 heteroatoms. The molecular weight excluding hydrogens is 464 g/mol. The molecule has 2 heterocycles. The summed E-state index contributed by atoms with van der Waals surface area (Å²) >= 11 is 0. The molecule has 1 atom stereocenters. The molecule has 1 fully saturated rings. The standard InChI is InChI=1S/C29H36N6O2/c1-4-16-30-29(37)35(23(3)24-8-6-5-7-9-24)21-28(36)34-19-17-33(18-20-34)27-15-14-26(31-32-27)25-12-10-22(2)11-13-25/h5-15,23H,4,16-21H2,1-3H3,(H,30,37). The van der Waals surface area contributed by atoms with Gasteiger partial charge in [-0.25, -0.2) is 4.79 Å². The highest BCUT2D eigenvalue weighted by molar-refractivity contribution is 5.84. The Morgan fingerprint density at radius 2 is 1.65 bits per heavy atom. The Hall–Kier alpha value is -3.94. The Morgan fingerprint density at radius 1 is 0.946 bits per heavy atom. The number of hydrogen-bond acceptors (Lipinski definition) is 5. The molecule has 2 aromatic carbocycles. The van der Waals surface area contributed by atoms with Crippen LogP contribution in [0, 0.1) is 6.92 Å². The van der Waals surface area contributed by atoms with Crippen molar-refractivity contribution in [1.82, 2.24) is 25.3 Å². The van der Waals surface area contributed by atoms with E-state index in [4.69, 9.17) is 0 Å². The molecule has 0 aliphatic carbocycles. The Morgan fingerprint density at radius 3 is 2.27 bits per heavy atom. The van der Waals surface area contributed by atoms with Crippen LogP contribution in [0.2, 0.25) is 0 Å². The highest BCUT2D eigenvalue weighted by Gasteiger charge is 2.28. The minimum Gasteiger partial charge on any atom is -0.352 e. The molecule has 0 saturated carbocycles. The van der Waals surface area contributed by atoms with Crippen molar-refractivity contribution < 1.29 is 9.59 Å². The van der Waals surface area contributed by atoms with Gasteiger partial charge in [0.2, 0.25) is 5.91 Å². The first kappa shape index (κ1) is 26.1. The summed E-state index contributed by atoms with van der Waals surface area (Å²) in [6.07, 6.45) is 0.837. The molecule has 3 amide bonds. The van der Waals surface area contributed by atoms with Crippen molar-refractivity contribution in [1.29, 1.82) is 0 Å². The van der Waals surface area contributed by atoms with E-state index in [2.05, 4.69) is 39.5 Å². The minimum atomic E-state index is -0.217. The average molecular weight is 501 g/mol. The van der Waals surface area contributed by atoms with Crippen molar-refractivity contribution in [3.8, 4) is 11.3 Å². The first-order chi connectivity index (χ1) is 18.0. The summed E-state index contributed by atoms with van der Waals surface area (Å²) in [5.74, 6) is 0.760. The molecule has 4 rings (SSSR count). The minimum absolute atomic E-state index is 0.0384. The lowest BCUT2D eigenvalue weighted by molar-refractivity contribution is -0.132. The second kappa shape index (κ2) is 12.3. The van der Waals surface area contributed by atoms with Gasteiger partial charge in [-0.1, -0.05) is 67.1 Å². The molecule has 3 aromatic rings. The predicted octanol–water partition coefficient (Wildman–Crippen LogP) is 4.28. The predicted molar refractivity (Wildman–Crippen MR) is 146 cm³/mol. The van der Waals surface area contributed by atoms with E-state index in [1.807, 2.05) is 73.3 Å². The summed E-state index contributed by atoms with van der Waals surface area (Å²) in [7, 11) is 0. The molecule has 1 unspecified atom stereocenters. The van der Waals surface area contributed by atoms with Crippen molar-refractivity contribution in [2.45, 2.75) is 33.2 Å². The third-order valence-corrected chi connectivity index (χ3v) is 6.80. The number of nitrogens with one attached hydrogen (secondary N) is 1. The van der Waals surface area contributed by atoms with E-state index in [0.29, 0.717) is 32.7 Å². The van der Waals surface area contributed by atoms with Crippen molar-refractivity contribution in [2.24, 2.45) is 0 Å². The van der Waals surface area contributed by atoms with E-state index in [1.165, 1.54) is 5.56 Å². The van der Waals surface area contributed by atoms with Crippen LogP contribution in [0.5, 0.6) is 0 Å². The van der Waals surface area contributed by atoms with Gasteiger partial charge in [0, 0.05) is 38.3 Å². The molecule has 194 valence electrons. The van der Waals surface area contributed by atoms with Gasteiger partial charge in [-0.3, -0.25) is 4.79 Å². The van der Waals surface area contributed by atoms with Crippen molar-refractivity contribution in [3.05, 3.63) is 77.9 Å². The van der Waals surface area contributed by atoms with Crippen molar-refractivity contribution >= 4 is 17.8 Å². The number of hydrogen-bond donors (Lipinski definition) is 1. The summed E-state index contributed by atoms with van der Waals surface area (Å²) < 4.78 is 0. The normalized spacial score (nSPS) is 14.2. The van der Waals surface area contributed by atoms with E-state index in [-0.39, 0.29) is 24.5 Å². The Bertz CT molecular complexity index is 1160. The van der Waals surface area contributed by atoms with Crippen LogP contribution >= 0.6 is 0 Å². The van der Waals surface area contributed by atoms with Gasteiger partial charge in [-0.05, 0) is 38.0 Å². The number of carbonyl (C=O) groups excluding carboxylic acids is 2. The fourth-order valence-electron chi connectivity index (χ4n) is 4.43. The summed E-state index contributed by atoms with van der Waals surface area (Å²) in [6, 6.07) is 21.6. The lowest BCUT2D eigenvalue weighted by Gasteiger charge is -2.37. The molecular formula is C29H36N6O2. The van der Waals surface area contributed by atoms with Gasteiger partial charge in [0.05, 0.1) is 11.7 Å². The zero-order chi connectivity index (χ0) is 26.2. The molecule has 0 spiro atoms. The molecule has 1 aliphatic rings. The van der Waals surface area contributed by atoms with Gasteiger partial charge >= 0.3 is 6.03 Å². The van der Waals surface area contributed by atoms with Crippen molar-refractivity contribution in [2.75, 3.05) is 44.2 Å². The summed E-state index contributed by atoms with van der Waals surface area (Å²) in [4.78, 5) is 31.8. The average Bonchev–Trinajstić information content (AvgIpc) is 2.95. The number of anilines is 1. The maximum Gasteiger partial charge on any atom is 0.318 e.